The lowest BCUT2D eigenvalue weighted by Crippen LogP contribution is -2.30. The highest BCUT2D eigenvalue weighted by Crippen LogP contribution is 2.14. The van der Waals surface area contributed by atoms with Gasteiger partial charge in [-0.25, -0.2) is 0 Å². The van der Waals surface area contributed by atoms with Crippen LogP contribution in [0.1, 0.15) is 116 Å². The third kappa shape index (κ3) is 27.6. The molecule has 0 aromatic rings. The number of likely N-dealkylation sites (N-methyl/N-ethyl adjacent to an activating group) is 1. The lowest BCUT2D eigenvalue weighted by Gasteiger charge is -2.17. The minimum absolute atomic E-state index is 0.0202. The monoisotopic (exact) mass is 530 g/mol. The maximum absolute atomic E-state index is 12.0. The molecule has 220 valence electrons. The van der Waals surface area contributed by atoms with Crippen LogP contribution in [0.15, 0.2) is 0 Å². The summed E-state index contributed by atoms with van der Waals surface area (Å²) >= 11 is 0. The lowest BCUT2D eigenvalue weighted by molar-refractivity contribution is -0.130. The smallest absolute Gasteiger partial charge is 0.222 e. The molecule has 0 bridgehead atoms. The fourth-order valence-corrected chi connectivity index (χ4v) is 4.24. The van der Waals surface area contributed by atoms with Crippen molar-refractivity contribution in [3.8, 4) is 0 Å². The Kier molecular flexibility index (Phi) is 28.4. The summed E-state index contributed by atoms with van der Waals surface area (Å²) in [6.45, 7) is 2.75. The van der Waals surface area contributed by atoms with Crippen molar-refractivity contribution < 1.29 is 29.3 Å². The number of aliphatic hydroxyl groups is 2. The maximum Gasteiger partial charge on any atom is 0.222 e. The Labute approximate surface area is 226 Å². The van der Waals surface area contributed by atoms with E-state index in [1.165, 1.54) is 77.0 Å². The Balaban J connectivity index is 3.23. The molecule has 0 aromatic carbocycles. The van der Waals surface area contributed by atoms with Crippen molar-refractivity contribution in [2.75, 3.05) is 59.8 Å². The first kappa shape index (κ1) is 35.8. The second-order valence-corrected chi connectivity index (χ2v) is 9.99. The molecule has 8 nitrogen and oxygen atoms in total. The molecular weight excluding hydrogens is 472 g/mol. The third-order valence-corrected chi connectivity index (χ3v) is 6.58. The molecule has 0 unspecified atom stereocenters. The second-order valence-electron chi connectivity index (χ2n) is 9.99. The average Bonchev–Trinajstić information content (AvgIpc) is 2.90. The van der Waals surface area contributed by atoms with Crippen molar-refractivity contribution in [2.24, 2.45) is 0 Å². The molecule has 0 fully saturated rings. The zero-order valence-corrected chi connectivity index (χ0v) is 23.9. The van der Waals surface area contributed by atoms with E-state index in [1.807, 2.05) is 7.05 Å². The SMILES string of the molecule is CN(CCOCCO)C(=O)CCCCCCCCCCCCCCCCCCC(=O)NCCOCCO. The summed E-state index contributed by atoms with van der Waals surface area (Å²) in [6, 6.07) is 0. The number of ether oxygens (including phenoxy) is 2. The van der Waals surface area contributed by atoms with Crippen molar-refractivity contribution in [3.63, 3.8) is 0 Å². The zero-order chi connectivity index (χ0) is 27.2. The van der Waals surface area contributed by atoms with Gasteiger partial charge in [0, 0.05) is 33.0 Å². The highest BCUT2D eigenvalue weighted by molar-refractivity contribution is 5.76. The van der Waals surface area contributed by atoms with Crippen LogP contribution in [0, 0.1) is 0 Å². The van der Waals surface area contributed by atoms with Crippen LogP contribution in [0.4, 0.5) is 0 Å². The number of hydrogen-bond acceptors (Lipinski definition) is 6. The molecule has 8 heteroatoms. The Morgan fingerprint density at radius 2 is 1.00 bits per heavy atom. The standard InChI is InChI=1S/C29H58N2O6/c1-31(21-25-37-27-23-33)29(35)19-17-15-13-11-9-7-5-3-2-4-6-8-10-12-14-16-18-28(34)30-20-24-36-26-22-32/h32-33H,2-27H2,1H3,(H,30,34). The summed E-state index contributed by atoms with van der Waals surface area (Å²) in [6.07, 6.45) is 21.1. The number of unbranched alkanes of at least 4 members (excludes halogenated alkanes) is 15. The van der Waals surface area contributed by atoms with Crippen molar-refractivity contribution in [1.82, 2.24) is 10.2 Å². The van der Waals surface area contributed by atoms with Gasteiger partial charge in [-0.2, -0.15) is 0 Å². The van der Waals surface area contributed by atoms with E-state index in [2.05, 4.69) is 5.32 Å². The number of hydrogen-bond donors (Lipinski definition) is 3. The van der Waals surface area contributed by atoms with Crippen molar-refractivity contribution in [3.05, 3.63) is 0 Å². The number of amides is 2. The van der Waals surface area contributed by atoms with Gasteiger partial charge in [0.2, 0.25) is 11.8 Å². The average molecular weight is 531 g/mol. The van der Waals surface area contributed by atoms with Gasteiger partial charge < -0.3 is 29.9 Å². The molecule has 0 atom stereocenters. The van der Waals surface area contributed by atoms with Crippen molar-refractivity contribution in [1.29, 1.82) is 0 Å². The van der Waals surface area contributed by atoms with Crippen molar-refractivity contribution in [2.45, 2.75) is 116 Å². The third-order valence-electron chi connectivity index (χ3n) is 6.58. The number of nitrogens with zero attached hydrogens (tertiary/aromatic N) is 1. The number of nitrogens with one attached hydrogen (secondary N) is 1. The number of aliphatic hydroxyl groups excluding tert-OH is 2. The van der Waals surface area contributed by atoms with Gasteiger partial charge in [-0.15, -0.1) is 0 Å². The van der Waals surface area contributed by atoms with Gasteiger partial charge >= 0.3 is 0 Å². The summed E-state index contributed by atoms with van der Waals surface area (Å²) < 4.78 is 10.3. The van der Waals surface area contributed by atoms with Gasteiger partial charge in [0.25, 0.3) is 0 Å². The Hall–Kier alpha value is -1.22. The van der Waals surface area contributed by atoms with Gasteiger partial charge in [0.15, 0.2) is 0 Å². The molecule has 0 aromatic heterocycles. The molecule has 0 heterocycles. The highest BCUT2D eigenvalue weighted by Gasteiger charge is 2.07. The quantitative estimate of drug-likeness (QED) is 0.122. The predicted octanol–water partition coefficient (Wildman–Crippen LogP) is 4.60. The van der Waals surface area contributed by atoms with Crippen LogP contribution >= 0.6 is 0 Å². The molecule has 3 N–H and O–H groups in total. The Bertz CT molecular complexity index is 507. The summed E-state index contributed by atoms with van der Waals surface area (Å²) in [4.78, 5) is 25.4. The first-order valence-corrected chi connectivity index (χ1v) is 15.0. The maximum atomic E-state index is 12.0. The molecule has 2 amide bonds. The predicted molar refractivity (Wildman–Crippen MR) is 150 cm³/mol. The lowest BCUT2D eigenvalue weighted by atomic mass is 10.0. The van der Waals surface area contributed by atoms with E-state index >= 15 is 0 Å². The zero-order valence-electron chi connectivity index (χ0n) is 23.9. The minimum atomic E-state index is 0.0202. The van der Waals surface area contributed by atoms with Crippen LogP contribution in [0.3, 0.4) is 0 Å². The van der Waals surface area contributed by atoms with Crippen LogP contribution in [0.25, 0.3) is 0 Å². The largest absolute Gasteiger partial charge is 0.394 e. The van der Waals surface area contributed by atoms with Crippen LogP contribution in [-0.2, 0) is 19.1 Å². The molecule has 0 spiro atoms. The molecule has 0 aliphatic rings. The molecule has 0 aliphatic carbocycles. The van der Waals surface area contributed by atoms with Crippen LogP contribution < -0.4 is 5.32 Å². The summed E-state index contributed by atoms with van der Waals surface area (Å²) in [7, 11) is 1.82. The molecule has 0 saturated carbocycles. The summed E-state index contributed by atoms with van der Waals surface area (Å²) in [5.41, 5.74) is 0. The molecule has 37 heavy (non-hydrogen) atoms. The van der Waals surface area contributed by atoms with E-state index in [0.29, 0.717) is 52.4 Å². The number of carbonyl (C=O) groups is 2. The van der Waals surface area contributed by atoms with Crippen LogP contribution in [0.5, 0.6) is 0 Å². The summed E-state index contributed by atoms with van der Waals surface area (Å²) in [5.74, 6) is 0.284. The fourth-order valence-electron chi connectivity index (χ4n) is 4.24. The van der Waals surface area contributed by atoms with E-state index in [0.717, 1.165) is 25.7 Å². The normalized spacial score (nSPS) is 11.1. The first-order valence-electron chi connectivity index (χ1n) is 15.0. The molecule has 0 rings (SSSR count). The molecule has 0 radical (unpaired) electrons. The van der Waals surface area contributed by atoms with Gasteiger partial charge in [0.1, 0.15) is 0 Å². The molecular formula is C29H58N2O6. The van der Waals surface area contributed by atoms with Crippen LogP contribution in [-0.4, -0.2) is 86.7 Å². The van der Waals surface area contributed by atoms with Gasteiger partial charge in [-0.3, -0.25) is 9.59 Å². The van der Waals surface area contributed by atoms with E-state index in [1.54, 1.807) is 4.90 Å². The van der Waals surface area contributed by atoms with E-state index in [9.17, 15) is 9.59 Å². The molecule has 0 saturated heterocycles. The van der Waals surface area contributed by atoms with Crippen molar-refractivity contribution >= 4 is 11.8 Å². The van der Waals surface area contributed by atoms with Gasteiger partial charge in [0.05, 0.1) is 39.6 Å². The topological polar surface area (TPSA) is 108 Å². The highest BCUT2D eigenvalue weighted by atomic mass is 16.5. The number of rotatable bonds is 29. The number of carbonyl (C=O) groups excluding carboxylic acids is 2. The summed E-state index contributed by atoms with van der Waals surface area (Å²) in [5, 5.41) is 20.1. The second kappa shape index (κ2) is 29.3. The first-order chi connectivity index (χ1) is 18.1. The van der Waals surface area contributed by atoms with E-state index in [-0.39, 0.29) is 25.0 Å². The van der Waals surface area contributed by atoms with Crippen LogP contribution in [0.2, 0.25) is 0 Å². The van der Waals surface area contributed by atoms with Gasteiger partial charge in [-0.05, 0) is 12.8 Å². The molecule has 0 aliphatic heterocycles. The minimum Gasteiger partial charge on any atom is -0.394 e. The van der Waals surface area contributed by atoms with Gasteiger partial charge in [-0.1, -0.05) is 89.9 Å². The Morgan fingerprint density at radius 1 is 0.595 bits per heavy atom. The Morgan fingerprint density at radius 3 is 1.46 bits per heavy atom. The van der Waals surface area contributed by atoms with E-state index in [4.69, 9.17) is 19.7 Å². The van der Waals surface area contributed by atoms with E-state index < -0.39 is 0 Å². The fraction of sp³-hybridized carbons (Fsp3) is 0.931.